The average Bonchev–Trinajstić information content (AvgIpc) is 3.28. The van der Waals surface area contributed by atoms with E-state index in [-0.39, 0.29) is 32.3 Å². The summed E-state index contributed by atoms with van der Waals surface area (Å²) in [5.41, 5.74) is 4.13. The van der Waals surface area contributed by atoms with Crippen molar-refractivity contribution in [3.05, 3.63) is 82.0 Å². The van der Waals surface area contributed by atoms with Gasteiger partial charge in [-0.05, 0) is 67.3 Å². The third-order valence-corrected chi connectivity index (χ3v) is 8.34. The van der Waals surface area contributed by atoms with E-state index in [4.69, 9.17) is 38.3 Å². The second-order valence-electron chi connectivity index (χ2n) is 9.86. The van der Waals surface area contributed by atoms with Gasteiger partial charge in [0.2, 0.25) is 5.71 Å². The highest BCUT2D eigenvalue weighted by Gasteiger charge is 2.23. The Morgan fingerprint density at radius 2 is 1.74 bits per heavy atom. The molecule has 1 aromatic heterocycles. The van der Waals surface area contributed by atoms with Crippen molar-refractivity contribution >= 4 is 67.5 Å². The number of ether oxygens (including phenoxy) is 1. The third-order valence-electron chi connectivity index (χ3n) is 6.09. The third kappa shape index (κ3) is 7.09. The number of halogens is 2. The number of aromatic nitrogens is 1. The maximum Gasteiger partial charge on any atom is 0.411 e. The molecule has 0 fully saturated rings. The normalized spacial score (nSPS) is 11.8. The van der Waals surface area contributed by atoms with Crippen molar-refractivity contribution in [2.24, 2.45) is 11.0 Å². The van der Waals surface area contributed by atoms with Crippen LogP contribution in [0.3, 0.4) is 0 Å². The molecule has 3 aromatic carbocycles. The molecule has 1 heterocycles. The lowest BCUT2D eigenvalue weighted by atomic mass is 10.0. The number of carboxylic acid groups (broad SMARTS) is 1. The van der Waals surface area contributed by atoms with Crippen molar-refractivity contribution in [2.45, 2.75) is 32.1 Å². The lowest BCUT2D eigenvalue weighted by Gasteiger charge is -2.12. The molecule has 0 bridgehead atoms. The fourth-order valence-corrected chi connectivity index (χ4v) is 6.13. The minimum atomic E-state index is -3.87. The minimum Gasteiger partial charge on any atom is -0.465 e. The number of anilines is 1. The Morgan fingerprint density at radius 3 is 2.33 bits per heavy atom. The zero-order chi connectivity index (χ0) is 31.5. The van der Waals surface area contributed by atoms with Gasteiger partial charge in [-0.15, -0.1) is 0 Å². The SMILES string of the molecule is Cc1ccc(S(=O)(=O)n2cc(CC(C)C)c3cc(Oc4c(Cl)cc(NN=C(C#N)C(=O)NC(=O)O)cc4Cl)ccc32)cc1. The summed E-state index contributed by atoms with van der Waals surface area (Å²) in [6.45, 7) is 5.96. The van der Waals surface area contributed by atoms with Gasteiger partial charge in [0.05, 0.1) is 26.1 Å². The van der Waals surface area contributed by atoms with Crippen LogP contribution in [0.15, 0.2) is 70.8 Å². The summed E-state index contributed by atoms with van der Waals surface area (Å²) in [7, 11) is -3.87. The summed E-state index contributed by atoms with van der Waals surface area (Å²) >= 11 is 12.8. The molecule has 0 saturated carbocycles. The van der Waals surface area contributed by atoms with Crippen LogP contribution in [-0.4, -0.2) is 35.2 Å². The predicted molar refractivity (Wildman–Crippen MR) is 164 cm³/mol. The van der Waals surface area contributed by atoms with Crippen LogP contribution in [0.1, 0.15) is 25.0 Å². The Hall–Kier alpha value is -4.57. The number of carbonyl (C=O) groups is 2. The summed E-state index contributed by atoms with van der Waals surface area (Å²) < 4.78 is 34.4. The molecule has 2 amide bonds. The first-order valence-corrected chi connectivity index (χ1v) is 14.9. The molecule has 4 aromatic rings. The van der Waals surface area contributed by atoms with Gasteiger partial charge in [-0.1, -0.05) is 54.7 Å². The van der Waals surface area contributed by atoms with Gasteiger partial charge < -0.3 is 9.84 Å². The first kappa shape index (κ1) is 31.4. The van der Waals surface area contributed by atoms with E-state index in [0.717, 1.165) is 11.1 Å². The van der Waals surface area contributed by atoms with E-state index in [2.05, 4.69) is 10.5 Å². The Bertz CT molecular complexity index is 1890. The number of hydrazone groups is 1. The second-order valence-corrected chi connectivity index (χ2v) is 12.5. The lowest BCUT2D eigenvalue weighted by molar-refractivity contribution is -0.114. The fraction of sp³-hybridized carbons (Fsp3) is 0.172. The average molecular weight is 643 g/mol. The minimum absolute atomic E-state index is 0.0562. The first-order chi connectivity index (χ1) is 20.3. The number of aryl methyl sites for hydroxylation is 1. The number of amides is 2. The Balaban J connectivity index is 1.67. The monoisotopic (exact) mass is 641 g/mol. The number of nitriles is 1. The molecule has 4 rings (SSSR count). The van der Waals surface area contributed by atoms with Crippen molar-refractivity contribution in [3.63, 3.8) is 0 Å². The summed E-state index contributed by atoms with van der Waals surface area (Å²) in [6, 6.07) is 15.9. The largest absolute Gasteiger partial charge is 0.465 e. The molecule has 0 radical (unpaired) electrons. The van der Waals surface area contributed by atoms with Gasteiger partial charge in [0.15, 0.2) is 5.75 Å². The van der Waals surface area contributed by atoms with Gasteiger partial charge in [0, 0.05) is 11.6 Å². The van der Waals surface area contributed by atoms with E-state index in [0.29, 0.717) is 23.1 Å². The van der Waals surface area contributed by atoms with E-state index >= 15 is 0 Å². The van der Waals surface area contributed by atoms with Gasteiger partial charge in [0.25, 0.3) is 15.9 Å². The Labute approximate surface area is 257 Å². The van der Waals surface area contributed by atoms with Gasteiger partial charge in [-0.2, -0.15) is 10.4 Å². The van der Waals surface area contributed by atoms with Crippen molar-refractivity contribution in [3.8, 4) is 17.6 Å². The molecule has 43 heavy (non-hydrogen) atoms. The number of hydrogen-bond acceptors (Lipinski definition) is 8. The molecule has 0 unspecified atom stereocenters. The number of benzene rings is 3. The molecule has 222 valence electrons. The highest BCUT2D eigenvalue weighted by atomic mass is 35.5. The van der Waals surface area contributed by atoms with Crippen LogP contribution in [-0.2, 0) is 21.2 Å². The molecule has 0 atom stereocenters. The number of hydrogen-bond donors (Lipinski definition) is 3. The Kier molecular flexibility index (Phi) is 9.30. The lowest BCUT2D eigenvalue weighted by Crippen LogP contribution is -2.34. The maximum absolute atomic E-state index is 13.6. The van der Waals surface area contributed by atoms with Crippen molar-refractivity contribution in [2.75, 3.05) is 5.43 Å². The smallest absolute Gasteiger partial charge is 0.411 e. The molecule has 0 spiro atoms. The molecule has 0 aliphatic carbocycles. The van der Waals surface area contributed by atoms with Crippen LogP contribution in [0.2, 0.25) is 10.0 Å². The quantitative estimate of drug-likeness (QED) is 0.136. The van der Waals surface area contributed by atoms with Crippen molar-refractivity contribution in [1.82, 2.24) is 9.29 Å². The standard InChI is InChI=1S/C29H25Cl2N5O6S/c1-16(2)10-18-15-36(43(40,41)21-7-4-17(3)5-8-21)26-9-6-20(13-22(18)26)42-27-23(30)11-19(12-24(27)31)34-35-25(14-32)28(37)33-29(38)39/h4-9,11-13,15-16,34H,10H2,1-3H3,(H,33,37)(H,38,39). The number of nitrogens with zero attached hydrogens (tertiary/aromatic N) is 3. The molecular formula is C29H25Cl2N5O6S. The van der Waals surface area contributed by atoms with Crippen LogP contribution < -0.4 is 15.5 Å². The second kappa shape index (κ2) is 12.7. The summed E-state index contributed by atoms with van der Waals surface area (Å²) in [5, 5.41) is 23.6. The van der Waals surface area contributed by atoms with Crippen molar-refractivity contribution in [1.29, 1.82) is 5.26 Å². The van der Waals surface area contributed by atoms with Crippen LogP contribution >= 0.6 is 23.2 Å². The van der Waals surface area contributed by atoms with Crippen LogP contribution in [0, 0.1) is 24.2 Å². The number of carbonyl (C=O) groups excluding carboxylic acids is 1. The van der Waals surface area contributed by atoms with E-state index in [1.54, 1.807) is 48.7 Å². The number of imide groups is 1. The van der Waals surface area contributed by atoms with Gasteiger partial charge in [0.1, 0.15) is 11.8 Å². The predicted octanol–water partition coefficient (Wildman–Crippen LogP) is 6.57. The van der Waals surface area contributed by atoms with Crippen LogP contribution in [0.25, 0.3) is 10.9 Å². The number of nitrogens with one attached hydrogen (secondary N) is 2. The van der Waals surface area contributed by atoms with Crippen molar-refractivity contribution < 1.29 is 27.9 Å². The highest BCUT2D eigenvalue weighted by Crippen LogP contribution is 2.40. The zero-order valence-corrected chi connectivity index (χ0v) is 25.4. The summed E-state index contributed by atoms with van der Waals surface area (Å²) in [6.07, 6.45) is 0.615. The van der Waals surface area contributed by atoms with Gasteiger partial charge in [-0.25, -0.2) is 17.2 Å². The Morgan fingerprint density at radius 1 is 1.09 bits per heavy atom. The van der Waals surface area contributed by atoms with Crippen LogP contribution in [0.5, 0.6) is 11.5 Å². The van der Waals surface area contributed by atoms with E-state index in [1.807, 2.05) is 20.8 Å². The fourth-order valence-electron chi connectivity index (χ4n) is 4.18. The van der Waals surface area contributed by atoms with E-state index in [9.17, 15) is 18.0 Å². The molecule has 0 aliphatic heterocycles. The van der Waals surface area contributed by atoms with Gasteiger partial charge in [-0.3, -0.25) is 15.5 Å². The molecule has 11 nitrogen and oxygen atoms in total. The van der Waals surface area contributed by atoms with E-state index in [1.165, 1.54) is 27.5 Å². The molecule has 0 saturated heterocycles. The van der Waals surface area contributed by atoms with E-state index < -0.39 is 27.7 Å². The highest BCUT2D eigenvalue weighted by molar-refractivity contribution is 7.90. The molecule has 0 aliphatic rings. The van der Waals surface area contributed by atoms with Crippen LogP contribution in [0.4, 0.5) is 10.5 Å². The molecule has 14 heteroatoms. The number of rotatable bonds is 9. The summed E-state index contributed by atoms with van der Waals surface area (Å²) in [5.74, 6) is -0.525. The topological polar surface area (TPSA) is 163 Å². The zero-order valence-electron chi connectivity index (χ0n) is 23.1. The first-order valence-electron chi connectivity index (χ1n) is 12.7. The maximum atomic E-state index is 13.6. The van der Waals surface area contributed by atoms with Gasteiger partial charge >= 0.3 is 6.09 Å². The molecular weight excluding hydrogens is 617 g/mol. The molecule has 3 N–H and O–H groups in total. The summed E-state index contributed by atoms with van der Waals surface area (Å²) in [4.78, 5) is 22.5. The number of fused-ring (bicyclic) bond motifs is 1.